The van der Waals surface area contributed by atoms with Crippen molar-refractivity contribution in [1.82, 2.24) is 10.3 Å². The number of aromatic nitrogens is 1. The summed E-state index contributed by atoms with van der Waals surface area (Å²) in [6.07, 6.45) is -0.419. The van der Waals surface area contributed by atoms with Crippen LogP contribution in [0.5, 0.6) is 0 Å². The van der Waals surface area contributed by atoms with Gasteiger partial charge < -0.3 is 15.5 Å². The molecule has 0 unspecified atom stereocenters. The molecule has 6 nitrogen and oxygen atoms in total. The van der Waals surface area contributed by atoms with Crippen molar-refractivity contribution in [3.05, 3.63) is 53.7 Å². The zero-order chi connectivity index (χ0) is 22.0. The van der Waals surface area contributed by atoms with Gasteiger partial charge in [-0.25, -0.2) is 4.98 Å². The molecule has 31 heavy (non-hydrogen) atoms. The number of amides is 2. The molecular formula is C22H23F3N4O2. The summed E-state index contributed by atoms with van der Waals surface area (Å²) in [5, 5.41) is 5.84. The zero-order valence-corrected chi connectivity index (χ0v) is 16.8. The van der Waals surface area contributed by atoms with Gasteiger partial charge >= 0.3 is 6.18 Å². The lowest BCUT2D eigenvalue weighted by molar-refractivity contribution is -0.137. The summed E-state index contributed by atoms with van der Waals surface area (Å²) < 4.78 is 38.1. The van der Waals surface area contributed by atoms with Crippen LogP contribution in [-0.4, -0.2) is 35.9 Å². The van der Waals surface area contributed by atoms with E-state index in [0.717, 1.165) is 25.1 Å². The van der Waals surface area contributed by atoms with Crippen molar-refractivity contribution in [2.75, 3.05) is 23.3 Å². The number of alkyl halides is 3. The number of pyridine rings is 1. The van der Waals surface area contributed by atoms with Crippen molar-refractivity contribution in [1.29, 1.82) is 0 Å². The van der Waals surface area contributed by atoms with E-state index in [1.54, 1.807) is 24.3 Å². The SMILES string of the molecule is O=C(NC1CCN(c2ccc(C(F)(F)F)cn2)CC1)c1cccc(NC(=O)C2CC2)c1. The number of hydrogen-bond acceptors (Lipinski definition) is 4. The first-order chi connectivity index (χ1) is 14.8. The first-order valence-corrected chi connectivity index (χ1v) is 10.3. The molecule has 1 aliphatic heterocycles. The fraction of sp³-hybridized carbons (Fsp3) is 0.409. The van der Waals surface area contributed by atoms with Crippen LogP contribution in [0.1, 0.15) is 41.6 Å². The van der Waals surface area contributed by atoms with Gasteiger partial charge in [0.15, 0.2) is 0 Å². The molecule has 0 spiro atoms. The van der Waals surface area contributed by atoms with Crippen LogP contribution in [0.2, 0.25) is 0 Å². The zero-order valence-electron chi connectivity index (χ0n) is 16.8. The molecule has 1 aromatic heterocycles. The maximum Gasteiger partial charge on any atom is 0.417 e. The maximum absolute atomic E-state index is 12.7. The minimum Gasteiger partial charge on any atom is -0.356 e. The van der Waals surface area contributed by atoms with Crippen LogP contribution in [0, 0.1) is 5.92 Å². The molecule has 9 heteroatoms. The summed E-state index contributed by atoms with van der Waals surface area (Å²) >= 11 is 0. The summed E-state index contributed by atoms with van der Waals surface area (Å²) in [4.78, 5) is 30.4. The van der Waals surface area contributed by atoms with Gasteiger partial charge in [0, 0.05) is 42.5 Å². The normalized spacial score (nSPS) is 17.3. The molecule has 1 saturated heterocycles. The molecule has 2 aliphatic rings. The maximum atomic E-state index is 12.7. The Bertz CT molecular complexity index is 950. The second-order valence-electron chi connectivity index (χ2n) is 7.98. The van der Waals surface area contributed by atoms with E-state index in [9.17, 15) is 22.8 Å². The highest BCUT2D eigenvalue weighted by Crippen LogP contribution is 2.31. The number of benzene rings is 1. The highest BCUT2D eigenvalue weighted by molar-refractivity contribution is 5.98. The third-order valence-corrected chi connectivity index (χ3v) is 5.57. The Kier molecular flexibility index (Phi) is 5.84. The van der Waals surface area contributed by atoms with Gasteiger partial charge in [0.1, 0.15) is 5.82 Å². The number of nitrogens with one attached hydrogen (secondary N) is 2. The van der Waals surface area contributed by atoms with Gasteiger partial charge in [-0.2, -0.15) is 13.2 Å². The molecule has 0 radical (unpaired) electrons. The molecule has 4 rings (SSSR count). The number of nitrogens with zero attached hydrogens (tertiary/aromatic N) is 2. The standard InChI is InChI=1S/C22H23F3N4O2/c23-22(24,25)16-6-7-19(26-13-16)29-10-8-17(9-11-29)27-21(31)15-2-1-3-18(12-15)28-20(30)14-4-5-14/h1-3,6-7,12-14,17H,4-5,8-11H2,(H,27,31)(H,28,30). The summed E-state index contributed by atoms with van der Waals surface area (Å²) in [7, 11) is 0. The number of piperidine rings is 1. The lowest BCUT2D eigenvalue weighted by Crippen LogP contribution is -2.45. The topological polar surface area (TPSA) is 74.3 Å². The highest BCUT2D eigenvalue weighted by Gasteiger charge is 2.31. The van der Waals surface area contributed by atoms with Gasteiger partial charge in [0.2, 0.25) is 5.91 Å². The van der Waals surface area contributed by atoms with E-state index in [4.69, 9.17) is 0 Å². The molecule has 2 heterocycles. The van der Waals surface area contributed by atoms with Crippen molar-refractivity contribution < 1.29 is 22.8 Å². The van der Waals surface area contributed by atoms with Gasteiger partial charge in [-0.3, -0.25) is 9.59 Å². The molecule has 1 aromatic carbocycles. The first kappa shape index (κ1) is 21.1. The second-order valence-corrected chi connectivity index (χ2v) is 7.98. The lowest BCUT2D eigenvalue weighted by atomic mass is 10.0. The smallest absolute Gasteiger partial charge is 0.356 e. The van der Waals surface area contributed by atoms with E-state index < -0.39 is 11.7 Å². The van der Waals surface area contributed by atoms with Crippen molar-refractivity contribution >= 4 is 23.3 Å². The molecule has 0 atom stereocenters. The number of anilines is 2. The van der Waals surface area contributed by atoms with E-state index in [1.807, 2.05) is 4.90 Å². The summed E-state index contributed by atoms with van der Waals surface area (Å²) in [6, 6.07) is 9.22. The Morgan fingerprint density at radius 2 is 1.77 bits per heavy atom. The fourth-order valence-electron chi connectivity index (χ4n) is 3.59. The van der Waals surface area contributed by atoms with Crippen molar-refractivity contribution in [2.45, 2.75) is 37.9 Å². The van der Waals surface area contributed by atoms with Crippen LogP contribution < -0.4 is 15.5 Å². The van der Waals surface area contributed by atoms with Gasteiger partial charge in [-0.1, -0.05) is 6.07 Å². The number of carbonyl (C=O) groups excluding carboxylic acids is 2. The Labute approximate surface area is 177 Å². The van der Waals surface area contributed by atoms with E-state index >= 15 is 0 Å². The third kappa shape index (κ3) is 5.34. The van der Waals surface area contributed by atoms with Crippen molar-refractivity contribution in [2.24, 2.45) is 5.92 Å². The second kappa shape index (κ2) is 8.56. The molecular weight excluding hydrogens is 409 g/mol. The Morgan fingerprint density at radius 1 is 1.03 bits per heavy atom. The minimum absolute atomic E-state index is 0.0122. The van der Waals surface area contributed by atoms with Gasteiger partial charge in [-0.05, 0) is 56.0 Å². The molecule has 0 bridgehead atoms. The first-order valence-electron chi connectivity index (χ1n) is 10.3. The largest absolute Gasteiger partial charge is 0.417 e. The van der Waals surface area contributed by atoms with Gasteiger partial charge in [0.25, 0.3) is 5.91 Å². The number of rotatable bonds is 5. The Morgan fingerprint density at radius 3 is 2.39 bits per heavy atom. The number of carbonyl (C=O) groups is 2. The monoisotopic (exact) mass is 432 g/mol. The third-order valence-electron chi connectivity index (χ3n) is 5.57. The molecule has 2 aromatic rings. The van der Waals surface area contributed by atoms with Crippen molar-refractivity contribution in [3.63, 3.8) is 0 Å². The molecule has 1 saturated carbocycles. The van der Waals surface area contributed by atoms with E-state index in [-0.39, 0.29) is 23.8 Å². The summed E-state index contributed by atoms with van der Waals surface area (Å²) in [6.45, 7) is 1.17. The predicted octanol–water partition coefficient (Wildman–Crippen LogP) is 3.85. The lowest BCUT2D eigenvalue weighted by Gasteiger charge is -2.33. The fourth-order valence-corrected chi connectivity index (χ4v) is 3.59. The average molecular weight is 432 g/mol. The number of halogens is 3. The van der Waals surface area contributed by atoms with Crippen LogP contribution >= 0.6 is 0 Å². The highest BCUT2D eigenvalue weighted by atomic mass is 19.4. The van der Waals surface area contributed by atoms with Gasteiger partial charge in [-0.15, -0.1) is 0 Å². The Balaban J connectivity index is 1.29. The van der Waals surface area contributed by atoms with E-state index in [2.05, 4.69) is 15.6 Å². The van der Waals surface area contributed by atoms with E-state index in [1.165, 1.54) is 6.07 Å². The van der Waals surface area contributed by atoms with Crippen LogP contribution in [0.15, 0.2) is 42.6 Å². The average Bonchev–Trinajstić information content (AvgIpc) is 3.60. The van der Waals surface area contributed by atoms with Crippen LogP contribution in [0.3, 0.4) is 0 Å². The quantitative estimate of drug-likeness (QED) is 0.753. The summed E-state index contributed by atoms with van der Waals surface area (Å²) in [5.74, 6) is 0.356. The molecule has 2 N–H and O–H groups in total. The Hall–Kier alpha value is -3.10. The van der Waals surface area contributed by atoms with Crippen molar-refractivity contribution in [3.8, 4) is 0 Å². The van der Waals surface area contributed by atoms with Gasteiger partial charge in [0.05, 0.1) is 5.56 Å². The van der Waals surface area contributed by atoms with Crippen LogP contribution in [0.25, 0.3) is 0 Å². The molecule has 2 amide bonds. The molecule has 1 aliphatic carbocycles. The molecule has 164 valence electrons. The van der Waals surface area contributed by atoms with Crippen LogP contribution in [0.4, 0.5) is 24.7 Å². The molecule has 2 fully saturated rings. The number of hydrogen-bond donors (Lipinski definition) is 2. The van der Waals surface area contributed by atoms with E-state index in [0.29, 0.717) is 43.0 Å². The summed E-state index contributed by atoms with van der Waals surface area (Å²) in [5.41, 5.74) is 0.308. The minimum atomic E-state index is -4.40. The predicted molar refractivity (Wildman–Crippen MR) is 110 cm³/mol. The van der Waals surface area contributed by atoms with Crippen LogP contribution in [-0.2, 0) is 11.0 Å².